The summed E-state index contributed by atoms with van der Waals surface area (Å²) in [6.45, 7) is 0.731. The van der Waals surface area contributed by atoms with E-state index in [2.05, 4.69) is 21.2 Å². The first-order valence-corrected chi connectivity index (χ1v) is 8.20. The number of nitrogens with one attached hydrogen (secondary N) is 1. The summed E-state index contributed by atoms with van der Waals surface area (Å²) in [5.41, 5.74) is 0.596. The van der Waals surface area contributed by atoms with Crippen LogP contribution in [0.3, 0.4) is 0 Å². The van der Waals surface area contributed by atoms with Crippen LogP contribution in [0.1, 0.15) is 36.0 Å². The van der Waals surface area contributed by atoms with Gasteiger partial charge in [0, 0.05) is 16.9 Å². The van der Waals surface area contributed by atoms with Gasteiger partial charge in [0.05, 0.1) is 14.2 Å². The van der Waals surface area contributed by atoms with Crippen LogP contribution in [0.4, 0.5) is 0 Å². The molecule has 1 amide bonds. The van der Waals surface area contributed by atoms with Gasteiger partial charge in [0.25, 0.3) is 5.91 Å². The van der Waals surface area contributed by atoms with Gasteiger partial charge in [-0.15, -0.1) is 0 Å². The van der Waals surface area contributed by atoms with Gasteiger partial charge < -0.3 is 14.8 Å². The first-order valence-electron chi connectivity index (χ1n) is 7.28. The minimum Gasteiger partial charge on any atom is -0.493 e. The van der Waals surface area contributed by atoms with Crippen molar-refractivity contribution in [3.63, 3.8) is 0 Å². The van der Waals surface area contributed by atoms with Gasteiger partial charge in [0.15, 0.2) is 11.5 Å². The second-order valence-electron chi connectivity index (χ2n) is 5.41. The van der Waals surface area contributed by atoms with Crippen molar-refractivity contribution in [1.29, 1.82) is 0 Å². The first-order chi connectivity index (χ1) is 10.1. The number of amides is 1. The van der Waals surface area contributed by atoms with Gasteiger partial charge in [-0.2, -0.15) is 0 Å². The first kappa shape index (κ1) is 16.1. The Morgan fingerprint density at radius 3 is 2.71 bits per heavy atom. The van der Waals surface area contributed by atoms with E-state index in [0.717, 1.165) is 13.0 Å². The fraction of sp³-hybridized carbons (Fsp3) is 0.562. The summed E-state index contributed by atoms with van der Waals surface area (Å²) in [4.78, 5) is 12.8. The van der Waals surface area contributed by atoms with Crippen molar-refractivity contribution in [2.45, 2.75) is 30.5 Å². The highest BCUT2D eigenvalue weighted by atomic mass is 79.9. The Morgan fingerprint density at radius 2 is 2.05 bits per heavy atom. The number of ether oxygens (including phenoxy) is 2. The van der Waals surface area contributed by atoms with E-state index < -0.39 is 0 Å². The zero-order chi connectivity index (χ0) is 15.2. The van der Waals surface area contributed by atoms with Crippen LogP contribution in [-0.2, 0) is 0 Å². The van der Waals surface area contributed by atoms with Crippen molar-refractivity contribution in [3.05, 3.63) is 23.8 Å². The molecule has 1 aliphatic rings. The van der Waals surface area contributed by atoms with E-state index in [1.165, 1.54) is 19.3 Å². The molecule has 0 spiro atoms. The molecule has 1 aromatic carbocycles. The Labute approximate surface area is 134 Å². The lowest BCUT2D eigenvalue weighted by Gasteiger charge is -2.25. The molecule has 1 aromatic rings. The average molecular weight is 356 g/mol. The van der Waals surface area contributed by atoms with Crippen molar-refractivity contribution in [2.24, 2.45) is 5.92 Å². The lowest BCUT2D eigenvalue weighted by molar-refractivity contribution is 0.0943. The molecule has 0 aromatic heterocycles. The second-order valence-corrected chi connectivity index (χ2v) is 6.70. The molecule has 5 heteroatoms. The van der Waals surface area contributed by atoms with Crippen molar-refractivity contribution >= 4 is 21.8 Å². The third-order valence-corrected chi connectivity index (χ3v) is 4.75. The van der Waals surface area contributed by atoms with Crippen LogP contribution in [-0.4, -0.2) is 31.5 Å². The standard InChI is InChI=1S/C16H22BrNO3/c1-20-14-7-6-12(9-15(14)21-2)16(19)18-10-11-4-3-5-13(17)8-11/h6-7,9,11,13H,3-5,8,10H2,1-2H3,(H,18,19). The fourth-order valence-electron chi connectivity index (χ4n) is 2.73. The predicted octanol–water partition coefficient (Wildman–Crippen LogP) is 3.39. The maximum atomic E-state index is 12.2. The van der Waals surface area contributed by atoms with Crippen LogP contribution in [0, 0.1) is 5.92 Å². The van der Waals surface area contributed by atoms with E-state index in [9.17, 15) is 4.79 Å². The highest BCUT2D eigenvalue weighted by Crippen LogP contribution is 2.29. The normalized spacial score (nSPS) is 21.7. The fourth-order valence-corrected chi connectivity index (χ4v) is 3.58. The third kappa shape index (κ3) is 4.37. The molecule has 0 bridgehead atoms. The van der Waals surface area contributed by atoms with Gasteiger partial charge in [0.1, 0.15) is 0 Å². The van der Waals surface area contributed by atoms with Crippen LogP contribution >= 0.6 is 15.9 Å². The number of halogens is 1. The van der Waals surface area contributed by atoms with Gasteiger partial charge in [-0.05, 0) is 43.4 Å². The van der Waals surface area contributed by atoms with E-state index in [0.29, 0.717) is 27.8 Å². The molecule has 2 rings (SSSR count). The van der Waals surface area contributed by atoms with Gasteiger partial charge in [-0.3, -0.25) is 4.79 Å². The van der Waals surface area contributed by atoms with E-state index in [4.69, 9.17) is 9.47 Å². The van der Waals surface area contributed by atoms with Crippen LogP contribution in [0.15, 0.2) is 18.2 Å². The zero-order valence-electron chi connectivity index (χ0n) is 12.5. The summed E-state index contributed by atoms with van der Waals surface area (Å²) in [6.07, 6.45) is 4.79. The Morgan fingerprint density at radius 1 is 1.29 bits per heavy atom. The Balaban J connectivity index is 1.93. The molecule has 2 atom stereocenters. The molecule has 0 saturated heterocycles. The maximum Gasteiger partial charge on any atom is 0.251 e. The monoisotopic (exact) mass is 355 g/mol. The number of alkyl halides is 1. The van der Waals surface area contributed by atoms with E-state index in [-0.39, 0.29) is 5.91 Å². The highest BCUT2D eigenvalue weighted by molar-refractivity contribution is 9.09. The molecule has 1 saturated carbocycles. The molecule has 1 aliphatic carbocycles. The smallest absolute Gasteiger partial charge is 0.251 e. The van der Waals surface area contributed by atoms with E-state index in [1.807, 2.05) is 0 Å². The molecular weight excluding hydrogens is 334 g/mol. The predicted molar refractivity (Wildman–Crippen MR) is 86.6 cm³/mol. The van der Waals surface area contributed by atoms with Crippen LogP contribution < -0.4 is 14.8 Å². The highest BCUT2D eigenvalue weighted by Gasteiger charge is 2.20. The molecule has 1 fully saturated rings. The summed E-state index contributed by atoms with van der Waals surface area (Å²) in [5, 5.41) is 3.02. The molecular formula is C16H22BrNO3. The summed E-state index contributed by atoms with van der Waals surface area (Å²) < 4.78 is 10.4. The van der Waals surface area contributed by atoms with Crippen molar-refractivity contribution in [2.75, 3.05) is 20.8 Å². The molecule has 0 heterocycles. The number of hydrogen-bond donors (Lipinski definition) is 1. The average Bonchev–Trinajstić information content (AvgIpc) is 2.52. The largest absolute Gasteiger partial charge is 0.493 e. The van der Waals surface area contributed by atoms with Crippen LogP contribution in [0.5, 0.6) is 11.5 Å². The Bertz CT molecular complexity index is 492. The van der Waals surface area contributed by atoms with Crippen molar-refractivity contribution < 1.29 is 14.3 Å². The van der Waals surface area contributed by atoms with Gasteiger partial charge in [-0.1, -0.05) is 22.4 Å². The van der Waals surface area contributed by atoms with Crippen LogP contribution in [0.25, 0.3) is 0 Å². The van der Waals surface area contributed by atoms with Gasteiger partial charge in [0.2, 0.25) is 0 Å². The lowest BCUT2D eigenvalue weighted by Crippen LogP contribution is -2.31. The number of carbonyl (C=O) groups excluding carboxylic acids is 1. The number of methoxy groups -OCH3 is 2. The van der Waals surface area contributed by atoms with Crippen LogP contribution in [0.2, 0.25) is 0 Å². The van der Waals surface area contributed by atoms with E-state index >= 15 is 0 Å². The maximum absolute atomic E-state index is 12.2. The lowest BCUT2D eigenvalue weighted by atomic mass is 9.89. The quantitative estimate of drug-likeness (QED) is 0.823. The van der Waals surface area contributed by atoms with Crippen molar-refractivity contribution in [1.82, 2.24) is 5.32 Å². The molecule has 116 valence electrons. The molecule has 4 nitrogen and oxygen atoms in total. The number of carbonyl (C=O) groups is 1. The minimum absolute atomic E-state index is 0.0624. The molecule has 2 unspecified atom stereocenters. The molecule has 0 radical (unpaired) electrons. The summed E-state index contributed by atoms with van der Waals surface area (Å²) in [7, 11) is 3.15. The number of rotatable bonds is 5. The molecule has 1 N–H and O–H groups in total. The molecule has 0 aliphatic heterocycles. The number of hydrogen-bond acceptors (Lipinski definition) is 3. The van der Waals surface area contributed by atoms with Gasteiger partial charge in [-0.25, -0.2) is 0 Å². The summed E-state index contributed by atoms with van der Waals surface area (Å²) in [6, 6.07) is 5.22. The Hall–Kier alpha value is -1.23. The third-order valence-electron chi connectivity index (χ3n) is 3.92. The minimum atomic E-state index is -0.0624. The van der Waals surface area contributed by atoms with Gasteiger partial charge >= 0.3 is 0 Å². The number of benzene rings is 1. The topological polar surface area (TPSA) is 47.6 Å². The Kier molecular flexibility index (Phi) is 5.91. The summed E-state index contributed by atoms with van der Waals surface area (Å²) >= 11 is 3.67. The molecule has 21 heavy (non-hydrogen) atoms. The second kappa shape index (κ2) is 7.69. The van der Waals surface area contributed by atoms with E-state index in [1.54, 1.807) is 32.4 Å². The van der Waals surface area contributed by atoms with Crippen molar-refractivity contribution in [3.8, 4) is 11.5 Å². The summed E-state index contributed by atoms with van der Waals surface area (Å²) in [5.74, 6) is 1.70. The zero-order valence-corrected chi connectivity index (χ0v) is 14.1. The SMILES string of the molecule is COc1ccc(C(=O)NCC2CCCC(Br)C2)cc1OC.